The molecule has 12 heavy (non-hydrogen) atoms. The number of amides is 1. The van der Waals surface area contributed by atoms with Crippen LogP contribution < -0.4 is 5.32 Å². The molecule has 0 radical (unpaired) electrons. The molecule has 1 saturated carbocycles. The molecule has 2 nitrogen and oxygen atoms in total. The van der Waals surface area contributed by atoms with E-state index >= 15 is 0 Å². The average molecular weight is 246 g/mol. The number of thiophene rings is 1. The van der Waals surface area contributed by atoms with Crippen LogP contribution in [0.4, 0.5) is 0 Å². The van der Waals surface area contributed by atoms with Crippen molar-refractivity contribution in [3.05, 3.63) is 20.8 Å². The maximum Gasteiger partial charge on any atom is 0.261 e. The minimum atomic E-state index is 0.0631. The van der Waals surface area contributed by atoms with Crippen LogP contribution in [-0.2, 0) is 0 Å². The molecule has 1 aliphatic rings. The van der Waals surface area contributed by atoms with Crippen molar-refractivity contribution in [2.24, 2.45) is 0 Å². The van der Waals surface area contributed by atoms with Gasteiger partial charge in [0.05, 0.1) is 4.88 Å². The number of nitrogens with one attached hydrogen (secondary N) is 1. The van der Waals surface area contributed by atoms with E-state index in [0.29, 0.717) is 6.04 Å². The molecule has 1 fully saturated rings. The molecule has 1 heterocycles. The highest BCUT2D eigenvalue weighted by molar-refractivity contribution is 9.10. The van der Waals surface area contributed by atoms with Crippen LogP contribution in [0.1, 0.15) is 22.5 Å². The number of hydrogen-bond donors (Lipinski definition) is 1. The molecule has 0 spiro atoms. The van der Waals surface area contributed by atoms with Gasteiger partial charge in [0.1, 0.15) is 0 Å². The summed E-state index contributed by atoms with van der Waals surface area (Å²) < 4.78 is 0.980. The lowest BCUT2D eigenvalue weighted by Crippen LogP contribution is -2.24. The van der Waals surface area contributed by atoms with Crippen LogP contribution in [0.15, 0.2) is 15.9 Å². The van der Waals surface area contributed by atoms with E-state index in [0.717, 1.165) is 22.2 Å². The maximum absolute atomic E-state index is 11.4. The minimum absolute atomic E-state index is 0.0631. The molecule has 4 heteroatoms. The summed E-state index contributed by atoms with van der Waals surface area (Å²) in [5.41, 5.74) is 0. The van der Waals surface area contributed by atoms with Crippen molar-refractivity contribution in [2.45, 2.75) is 18.9 Å². The number of carbonyl (C=O) groups is 1. The fourth-order valence-electron chi connectivity index (χ4n) is 0.916. The molecule has 1 aromatic heterocycles. The summed E-state index contributed by atoms with van der Waals surface area (Å²) in [6.45, 7) is 0. The molecule has 1 aromatic rings. The van der Waals surface area contributed by atoms with Crippen molar-refractivity contribution in [1.29, 1.82) is 0 Å². The van der Waals surface area contributed by atoms with E-state index in [9.17, 15) is 4.79 Å². The van der Waals surface area contributed by atoms with Gasteiger partial charge in [-0.1, -0.05) is 0 Å². The predicted octanol–water partition coefficient (Wildman–Crippen LogP) is 2.40. The summed E-state index contributed by atoms with van der Waals surface area (Å²) >= 11 is 4.78. The second-order valence-corrected chi connectivity index (χ2v) is 4.70. The summed E-state index contributed by atoms with van der Waals surface area (Å²) in [4.78, 5) is 12.2. The molecular weight excluding hydrogens is 238 g/mol. The van der Waals surface area contributed by atoms with Crippen LogP contribution in [0.5, 0.6) is 0 Å². The van der Waals surface area contributed by atoms with Crippen LogP contribution in [0.25, 0.3) is 0 Å². The Morgan fingerprint density at radius 3 is 2.92 bits per heavy atom. The first-order valence-corrected chi connectivity index (χ1v) is 5.48. The standard InChI is InChI=1S/C8H8BrNOS/c9-5-3-7(12-4-5)8(11)10-6-1-2-6/h3-4,6H,1-2H2,(H,10,11). The van der Waals surface area contributed by atoms with Gasteiger partial charge in [0, 0.05) is 15.9 Å². The van der Waals surface area contributed by atoms with E-state index < -0.39 is 0 Å². The second kappa shape index (κ2) is 3.18. The lowest BCUT2D eigenvalue weighted by Gasteiger charge is -1.98. The normalized spacial score (nSPS) is 16.1. The lowest BCUT2D eigenvalue weighted by molar-refractivity contribution is 0.0955. The van der Waals surface area contributed by atoms with E-state index in [4.69, 9.17) is 0 Å². The third-order valence-electron chi connectivity index (χ3n) is 1.70. The highest BCUT2D eigenvalue weighted by Gasteiger charge is 2.24. The molecule has 0 aromatic carbocycles. The van der Waals surface area contributed by atoms with E-state index in [2.05, 4.69) is 21.2 Å². The van der Waals surface area contributed by atoms with Crippen LogP contribution in [0, 0.1) is 0 Å². The van der Waals surface area contributed by atoms with Gasteiger partial charge in [0.2, 0.25) is 0 Å². The quantitative estimate of drug-likeness (QED) is 0.852. The van der Waals surface area contributed by atoms with E-state index in [1.807, 2.05) is 11.4 Å². The second-order valence-electron chi connectivity index (χ2n) is 2.88. The summed E-state index contributed by atoms with van der Waals surface area (Å²) in [5.74, 6) is 0.0631. The molecule has 0 bridgehead atoms. The zero-order chi connectivity index (χ0) is 8.55. The first kappa shape index (κ1) is 8.26. The Morgan fingerprint density at radius 2 is 2.42 bits per heavy atom. The highest BCUT2D eigenvalue weighted by Crippen LogP contribution is 2.22. The van der Waals surface area contributed by atoms with Crippen molar-refractivity contribution < 1.29 is 4.79 Å². The summed E-state index contributed by atoms with van der Waals surface area (Å²) in [5, 5.41) is 4.85. The molecule has 2 rings (SSSR count). The topological polar surface area (TPSA) is 29.1 Å². The van der Waals surface area contributed by atoms with Gasteiger partial charge in [0.25, 0.3) is 5.91 Å². The van der Waals surface area contributed by atoms with Gasteiger partial charge < -0.3 is 5.32 Å². The van der Waals surface area contributed by atoms with Crippen LogP contribution in [0.3, 0.4) is 0 Å². The van der Waals surface area contributed by atoms with Crippen molar-refractivity contribution in [2.75, 3.05) is 0 Å². The van der Waals surface area contributed by atoms with Gasteiger partial charge in [-0.25, -0.2) is 0 Å². The number of rotatable bonds is 2. The van der Waals surface area contributed by atoms with Crippen molar-refractivity contribution in [3.8, 4) is 0 Å². The third-order valence-corrected chi connectivity index (χ3v) is 3.39. The van der Waals surface area contributed by atoms with Gasteiger partial charge in [-0.05, 0) is 34.8 Å². The van der Waals surface area contributed by atoms with Gasteiger partial charge in [-0.2, -0.15) is 0 Å². The molecule has 64 valence electrons. The SMILES string of the molecule is O=C(NC1CC1)c1cc(Br)cs1. The zero-order valence-corrected chi connectivity index (χ0v) is 8.74. The largest absolute Gasteiger partial charge is 0.349 e. The molecule has 0 aliphatic heterocycles. The molecule has 0 atom stereocenters. The first-order chi connectivity index (χ1) is 5.75. The molecule has 1 aliphatic carbocycles. The Balaban J connectivity index is 2.03. The zero-order valence-electron chi connectivity index (χ0n) is 6.34. The van der Waals surface area contributed by atoms with Crippen LogP contribution in [-0.4, -0.2) is 11.9 Å². The van der Waals surface area contributed by atoms with Gasteiger partial charge >= 0.3 is 0 Å². The molecular formula is C8H8BrNOS. The first-order valence-electron chi connectivity index (χ1n) is 3.80. The lowest BCUT2D eigenvalue weighted by atomic mass is 10.4. The van der Waals surface area contributed by atoms with Crippen molar-refractivity contribution in [3.63, 3.8) is 0 Å². The fraction of sp³-hybridized carbons (Fsp3) is 0.375. The third kappa shape index (κ3) is 1.87. The Morgan fingerprint density at radius 1 is 1.67 bits per heavy atom. The van der Waals surface area contributed by atoms with Crippen molar-refractivity contribution >= 4 is 33.2 Å². The van der Waals surface area contributed by atoms with Gasteiger partial charge in [-0.15, -0.1) is 11.3 Å². The van der Waals surface area contributed by atoms with Crippen LogP contribution in [0.2, 0.25) is 0 Å². The molecule has 0 saturated heterocycles. The molecule has 1 N–H and O–H groups in total. The molecule has 1 amide bonds. The predicted molar refractivity (Wildman–Crippen MR) is 52.5 cm³/mol. The summed E-state index contributed by atoms with van der Waals surface area (Å²) in [6.07, 6.45) is 2.27. The smallest absolute Gasteiger partial charge is 0.261 e. The number of carbonyl (C=O) groups excluding carboxylic acids is 1. The van der Waals surface area contributed by atoms with E-state index in [1.165, 1.54) is 11.3 Å². The van der Waals surface area contributed by atoms with Gasteiger partial charge in [0.15, 0.2) is 0 Å². The fourth-order valence-corrected chi connectivity index (χ4v) is 2.25. The Labute approximate surface area is 83.1 Å². The van der Waals surface area contributed by atoms with Gasteiger partial charge in [-0.3, -0.25) is 4.79 Å². The average Bonchev–Trinajstić information content (AvgIpc) is 2.72. The molecule has 0 unspecified atom stereocenters. The summed E-state index contributed by atoms with van der Waals surface area (Å²) in [6, 6.07) is 2.29. The minimum Gasteiger partial charge on any atom is -0.349 e. The maximum atomic E-state index is 11.4. The van der Waals surface area contributed by atoms with E-state index in [-0.39, 0.29) is 5.91 Å². The van der Waals surface area contributed by atoms with E-state index in [1.54, 1.807) is 0 Å². The van der Waals surface area contributed by atoms with Crippen LogP contribution >= 0.6 is 27.3 Å². The highest BCUT2D eigenvalue weighted by atomic mass is 79.9. The Bertz CT molecular complexity index is 306. The number of halogens is 1. The monoisotopic (exact) mass is 245 g/mol. The Kier molecular flexibility index (Phi) is 2.19. The summed E-state index contributed by atoms with van der Waals surface area (Å²) in [7, 11) is 0. The van der Waals surface area contributed by atoms with Crippen molar-refractivity contribution in [1.82, 2.24) is 5.32 Å². The Hall–Kier alpha value is -0.350. The number of hydrogen-bond acceptors (Lipinski definition) is 2.